The molecule has 1 aromatic carbocycles. The lowest BCUT2D eigenvalue weighted by Gasteiger charge is -2.30. The first-order chi connectivity index (χ1) is 9.66. The minimum atomic E-state index is -0.293. The van der Waals surface area contributed by atoms with Crippen LogP contribution in [0.5, 0.6) is 0 Å². The van der Waals surface area contributed by atoms with Crippen molar-refractivity contribution >= 4 is 40.9 Å². The highest BCUT2D eigenvalue weighted by molar-refractivity contribution is 7.99. The molecule has 0 N–H and O–H groups in total. The SMILES string of the molecule is O=C1C[C@@H](N2CCSCC2)C(=O)N1c1ccc(Cl)cc1. The van der Waals surface area contributed by atoms with Crippen LogP contribution in [0.1, 0.15) is 6.42 Å². The van der Waals surface area contributed by atoms with Gasteiger partial charge in [0, 0.05) is 29.6 Å². The summed E-state index contributed by atoms with van der Waals surface area (Å²) in [4.78, 5) is 28.1. The Bertz CT molecular complexity index is 528. The molecule has 1 atom stereocenters. The van der Waals surface area contributed by atoms with Gasteiger partial charge in [-0.05, 0) is 24.3 Å². The molecule has 0 bridgehead atoms. The number of halogens is 1. The van der Waals surface area contributed by atoms with Crippen molar-refractivity contribution in [3.05, 3.63) is 29.3 Å². The zero-order valence-corrected chi connectivity index (χ0v) is 12.5. The first-order valence-corrected chi connectivity index (χ1v) is 8.14. The van der Waals surface area contributed by atoms with Gasteiger partial charge in [-0.2, -0.15) is 11.8 Å². The van der Waals surface area contributed by atoms with E-state index in [-0.39, 0.29) is 24.3 Å². The number of anilines is 1. The molecule has 2 fully saturated rings. The van der Waals surface area contributed by atoms with Crippen molar-refractivity contribution in [1.29, 1.82) is 0 Å². The third kappa shape index (κ3) is 2.57. The first kappa shape index (κ1) is 13.9. The maximum atomic E-state index is 12.5. The molecular weight excluding hydrogens is 296 g/mol. The normalized spacial score (nSPS) is 24.4. The average Bonchev–Trinajstić information content (AvgIpc) is 2.76. The van der Waals surface area contributed by atoms with Crippen LogP contribution in [0.25, 0.3) is 0 Å². The molecule has 0 saturated carbocycles. The number of amides is 2. The highest BCUT2D eigenvalue weighted by Crippen LogP contribution is 2.27. The number of thioether (sulfide) groups is 1. The van der Waals surface area contributed by atoms with Gasteiger partial charge in [-0.15, -0.1) is 0 Å². The number of nitrogens with zero attached hydrogens (tertiary/aromatic N) is 2. The molecule has 3 rings (SSSR count). The summed E-state index contributed by atoms with van der Waals surface area (Å²) in [6.45, 7) is 1.76. The maximum Gasteiger partial charge on any atom is 0.251 e. The molecule has 2 heterocycles. The van der Waals surface area contributed by atoms with E-state index in [1.165, 1.54) is 4.90 Å². The number of benzene rings is 1. The molecule has 6 heteroatoms. The van der Waals surface area contributed by atoms with Gasteiger partial charge < -0.3 is 0 Å². The molecule has 0 radical (unpaired) electrons. The van der Waals surface area contributed by atoms with Crippen molar-refractivity contribution in [2.45, 2.75) is 12.5 Å². The summed E-state index contributed by atoms with van der Waals surface area (Å²) in [5.74, 6) is 1.82. The Labute approximate surface area is 127 Å². The van der Waals surface area contributed by atoms with E-state index in [9.17, 15) is 9.59 Å². The lowest BCUT2D eigenvalue weighted by atomic mass is 10.2. The molecule has 2 aliphatic rings. The second-order valence-electron chi connectivity index (χ2n) is 4.91. The number of imide groups is 1. The number of carbonyl (C=O) groups excluding carboxylic acids is 2. The quantitative estimate of drug-likeness (QED) is 0.784. The zero-order valence-electron chi connectivity index (χ0n) is 10.9. The Morgan fingerprint density at radius 3 is 2.40 bits per heavy atom. The van der Waals surface area contributed by atoms with E-state index in [0.29, 0.717) is 10.7 Å². The van der Waals surface area contributed by atoms with Crippen LogP contribution in [-0.2, 0) is 9.59 Å². The van der Waals surface area contributed by atoms with E-state index in [1.54, 1.807) is 24.3 Å². The second kappa shape index (κ2) is 5.76. The highest BCUT2D eigenvalue weighted by Gasteiger charge is 2.42. The summed E-state index contributed by atoms with van der Waals surface area (Å²) in [6.07, 6.45) is 0.284. The average molecular weight is 311 g/mol. The van der Waals surface area contributed by atoms with Gasteiger partial charge in [0.15, 0.2) is 0 Å². The largest absolute Gasteiger partial charge is 0.290 e. The van der Waals surface area contributed by atoms with Crippen LogP contribution in [-0.4, -0.2) is 47.4 Å². The van der Waals surface area contributed by atoms with Crippen LogP contribution in [0.15, 0.2) is 24.3 Å². The fourth-order valence-corrected chi connectivity index (χ4v) is 3.71. The summed E-state index contributed by atoms with van der Waals surface area (Å²) in [7, 11) is 0. The van der Waals surface area contributed by atoms with Crippen LogP contribution in [0.2, 0.25) is 5.02 Å². The van der Waals surface area contributed by atoms with Gasteiger partial charge in [0.25, 0.3) is 5.91 Å². The minimum Gasteiger partial charge on any atom is -0.290 e. The molecule has 1 aromatic rings. The van der Waals surface area contributed by atoms with E-state index < -0.39 is 0 Å². The van der Waals surface area contributed by atoms with Gasteiger partial charge in [-0.25, -0.2) is 4.90 Å². The summed E-state index contributed by atoms with van der Waals surface area (Å²) in [5.41, 5.74) is 0.610. The molecule has 20 heavy (non-hydrogen) atoms. The molecule has 4 nitrogen and oxygen atoms in total. The van der Waals surface area contributed by atoms with E-state index >= 15 is 0 Å². The monoisotopic (exact) mass is 310 g/mol. The van der Waals surface area contributed by atoms with Crippen LogP contribution in [0.3, 0.4) is 0 Å². The fourth-order valence-electron chi connectivity index (χ4n) is 2.65. The number of carbonyl (C=O) groups is 2. The standard InChI is InChI=1S/C14H15ClN2O2S/c15-10-1-3-11(4-2-10)17-13(18)9-12(14(17)19)16-5-7-20-8-6-16/h1-4,12H,5-9H2/t12-/m1/s1. The second-order valence-corrected chi connectivity index (χ2v) is 6.57. The Hall–Kier alpha value is -1.04. The Morgan fingerprint density at radius 2 is 1.75 bits per heavy atom. The summed E-state index contributed by atoms with van der Waals surface area (Å²) < 4.78 is 0. The lowest BCUT2D eigenvalue weighted by molar-refractivity contribution is -0.122. The Kier molecular flexibility index (Phi) is 4.01. The molecule has 0 spiro atoms. The van der Waals surface area contributed by atoms with Gasteiger partial charge in [0.1, 0.15) is 0 Å². The lowest BCUT2D eigenvalue weighted by Crippen LogP contribution is -2.45. The van der Waals surface area contributed by atoms with Gasteiger partial charge in [-0.3, -0.25) is 14.5 Å². The summed E-state index contributed by atoms with van der Waals surface area (Å²) in [6, 6.07) is 6.53. The van der Waals surface area contributed by atoms with Crippen LogP contribution >= 0.6 is 23.4 Å². The highest BCUT2D eigenvalue weighted by atomic mass is 35.5. The molecule has 2 saturated heterocycles. The molecule has 2 aliphatic heterocycles. The van der Waals surface area contributed by atoms with Crippen molar-refractivity contribution in [2.75, 3.05) is 29.5 Å². The first-order valence-electron chi connectivity index (χ1n) is 6.61. The third-order valence-electron chi connectivity index (χ3n) is 3.69. The predicted octanol–water partition coefficient (Wildman–Crippen LogP) is 2.02. The van der Waals surface area contributed by atoms with Crippen LogP contribution in [0.4, 0.5) is 5.69 Å². The van der Waals surface area contributed by atoms with E-state index in [1.807, 2.05) is 11.8 Å². The molecule has 106 valence electrons. The molecule has 0 aliphatic carbocycles. The van der Waals surface area contributed by atoms with Crippen molar-refractivity contribution in [1.82, 2.24) is 4.90 Å². The number of hydrogen-bond acceptors (Lipinski definition) is 4. The number of rotatable bonds is 2. The number of hydrogen-bond donors (Lipinski definition) is 0. The molecule has 0 aromatic heterocycles. The van der Waals surface area contributed by atoms with Gasteiger partial charge in [-0.1, -0.05) is 11.6 Å². The van der Waals surface area contributed by atoms with E-state index in [4.69, 9.17) is 11.6 Å². The molecule has 0 unspecified atom stereocenters. The fraction of sp³-hybridized carbons (Fsp3) is 0.429. The zero-order chi connectivity index (χ0) is 14.1. The van der Waals surface area contributed by atoms with Crippen molar-refractivity contribution in [3.63, 3.8) is 0 Å². The van der Waals surface area contributed by atoms with Gasteiger partial charge >= 0.3 is 0 Å². The molecule has 2 amide bonds. The van der Waals surface area contributed by atoms with Crippen LogP contribution in [0, 0.1) is 0 Å². The third-order valence-corrected chi connectivity index (χ3v) is 4.89. The van der Waals surface area contributed by atoms with Crippen molar-refractivity contribution in [3.8, 4) is 0 Å². The summed E-state index contributed by atoms with van der Waals surface area (Å²) >= 11 is 7.73. The molecular formula is C14H15ClN2O2S. The van der Waals surface area contributed by atoms with Crippen LogP contribution < -0.4 is 4.90 Å². The van der Waals surface area contributed by atoms with Crippen molar-refractivity contribution in [2.24, 2.45) is 0 Å². The van der Waals surface area contributed by atoms with Crippen molar-refractivity contribution < 1.29 is 9.59 Å². The van der Waals surface area contributed by atoms with E-state index in [2.05, 4.69) is 4.90 Å². The van der Waals surface area contributed by atoms with Gasteiger partial charge in [0.2, 0.25) is 5.91 Å². The predicted molar refractivity (Wildman–Crippen MR) is 81.2 cm³/mol. The minimum absolute atomic E-state index is 0.107. The smallest absolute Gasteiger partial charge is 0.251 e. The van der Waals surface area contributed by atoms with Gasteiger partial charge in [0.05, 0.1) is 18.2 Å². The van der Waals surface area contributed by atoms with E-state index in [0.717, 1.165) is 24.6 Å². The Morgan fingerprint density at radius 1 is 1.10 bits per heavy atom. The Balaban J connectivity index is 1.81. The maximum absolute atomic E-state index is 12.5. The topological polar surface area (TPSA) is 40.6 Å². The summed E-state index contributed by atoms with van der Waals surface area (Å²) in [5, 5.41) is 0.595.